The average molecular weight is 595 g/mol. The number of hydrogen-bond acceptors (Lipinski definition) is 9. The summed E-state index contributed by atoms with van der Waals surface area (Å²) in [4.78, 5) is 35.3. The van der Waals surface area contributed by atoms with Gasteiger partial charge in [-0.25, -0.2) is 13.4 Å². The van der Waals surface area contributed by atoms with E-state index in [0.29, 0.717) is 86.1 Å². The number of carbonyl (C=O) groups is 2. The Bertz CT molecular complexity index is 1660. The van der Waals surface area contributed by atoms with E-state index in [-0.39, 0.29) is 18.1 Å². The number of ketones is 1. The lowest BCUT2D eigenvalue weighted by atomic mass is 9.82. The van der Waals surface area contributed by atoms with Crippen molar-refractivity contribution in [1.82, 2.24) is 14.2 Å². The highest BCUT2D eigenvalue weighted by Gasteiger charge is 2.44. The first-order valence-electron chi connectivity index (χ1n) is 14.0. The lowest BCUT2D eigenvalue weighted by molar-refractivity contribution is -0.00584. The summed E-state index contributed by atoms with van der Waals surface area (Å²) in [6.07, 6.45) is 2.53. The summed E-state index contributed by atoms with van der Waals surface area (Å²) < 4.78 is 42.5. The molecule has 4 heterocycles. The van der Waals surface area contributed by atoms with E-state index in [1.807, 2.05) is 24.3 Å². The van der Waals surface area contributed by atoms with Crippen LogP contribution in [0.15, 0.2) is 42.5 Å². The third-order valence-electron chi connectivity index (χ3n) is 8.52. The predicted octanol–water partition coefficient (Wildman–Crippen LogP) is 2.97. The standard InChI is InChI=1S/C30H34N4O7S/c1-39-21-5-6-24-22(17-21)28(40-2)18-25(31-24)29(36)33-10-8-30(9-11-33)19-26(35)23-16-20(4-7-27(23)41-30)32-12-14-34(15-13-32)42(3,37)38/h4-7,16-18H,8-15,19H2,1-3H3. The van der Waals surface area contributed by atoms with Gasteiger partial charge < -0.3 is 24.0 Å². The fourth-order valence-electron chi connectivity index (χ4n) is 6.09. The molecule has 2 fully saturated rings. The molecular formula is C30H34N4O7S. The van der Waals surface area contributed by atoms with Crippen LogP contribution >= 0.6 is 0 Å². The Balaban J connectivity index is 1.13. The maximum atomic E-state index is 13.5. The van der Waals surface area contributed by atoms with Crippen LogP contribution in [0.5, 0.6) is 17.2 Å². The van der Waals surface area contributed by atoms with Gasteiger partial charge in [-0.1, -0.05) is 0 Å². The van der Waals surface area contributed by atoms with Crippen LogP contribution in [0.3, 0.4) is 0 Å². The third-order valence-corrected chi connectivity index (χ3v) is 9.83. The lowest BCUT2D eigenvalue weighted by Gasteiger charge is -2.44. The number of rotatable bonds is 5. The van der Waals surface area contributed by atoms with Crippen molar-refractivity contribution in [2.45, 2.75) is 24.9 Å². The second-order valence-electron chi connectivity index (χ2n) is 11.1. The van der Waals surface area contributed by atoms with Crippen molar-refractivity contribution in [1.29, 1.82) is 0 Å². The van der Waals surface area contributed by atoms with Gasteiger partial charge in [-0.15, -0.1) is 0 Å². The maximum absolute atomic E-state index is 13.5. The Hall–Kier alpha value is -3.90. The van der Waals surface area contributed by atoms with Gasteiger partial charge in [0.05, 0.1) is 38.0 Å². The zero-order valence-corrected chi connectivity index (χ0v) is 24.8. The highest BCUT2D eigenvalue weighted by Crippen LogP contribution is 2.41. The molecule has 0 N–H and O–H groups in total. The number of likely N-dealkylation sites (tertiary alicyclic amines) is 1. The van der Waals surface area contributed by atoms with E-state index in [4.69, 9.17) is 14.2 Å². The predicted molar refractivity (Wildman–Crippen MR) is 157 cm³/mol. The van der Waals surface area contributed by atoms with E-state index in [9.17, 15) is 18.0 Å². The Kier molecular flexibility index (Phi) is 7.22. The third kappa shape index (κ3) is 5.24. The van der Waals surface area contributed by atoms with Crippen molar-refractivity contribution in [3.63, 3.8) is 0 Å². The number of Topliss-reactive ketones (excluding diaryl/α,β-unsaturated/α-hetero) is 1. The number of benzene rings is 2. The minimum Gasteiger partial charge on any atom is -0.497 e. The molecule has 2 aromatic carbocycles. The zero-order valence-electron chi connectivity index (χ0n) is 24.0. The van der Waals surface area contributed by atoms with Crippen LogP contribution in [0.2, 0.25) is 0 Å². The number of piperidine rings is 1. The van der Waals surface area contributed by atoms with Gasteiger partial charge in [-0.3, -0.25) is 9.59 Å². The molecule has 6 rings (SSSR count). The van der Waals surface area contributed by atoms with Gasteiger partial charge in [0.15, 0.2) is 5.78 Å². The number of methoxy groups -OCH3 is 2. The Morgan fingerprint density at radius 3 is 2.36 bits per heavy atom. The molecule has 3 aliphatic rings. The number of piperazine rings is 1. The van der Waals surface area contributed by atoms with E-state index < -0.39 is 15.6 Å². The minimum absolute atomic E-state index is 0.0176. The molecule has 0 aliphatic carbocycles. The van der Waals surface area contributed by atoms with Crippen LogP contribution in [0, 0.1) is 0 Å². The van der Waals surface area contributed by atoms with E-state index in [1.165, 1.54) is 10.6 Å². The molecule has 3 aliphatic heterocycles. The fraction of sp³-hybridized carbons (Fsp3) is 0.433. The molecule has 0 unspecified atom stereocenters. The molecule has 0 atom stereocenters. The molecule has 11 nitrogen and oxygen atoms in total. The number of fused-ring (bicyclic) bond motifs is 2. The molecule has 2 saturated heterocycles. The van der Waals surface area contributed by atoms with Crippen molar-refractivity contribution in [3.05, 3.63) is 53.7 Å². The average Bonchev–Trinajstić information content (AvgIpc) is 2.99. The van der Waals surface area contributed by atoms with Gasteiger partial charge in [-0.2, -0.15) is 4.31 Å². The summed E-state index contributed by atoms with van der Waals surface area (Å²) in [5, 5.41) is 0.762. The minimum atomic E-state index is -3.22. The van der Waals surface area contributed by atoms with E-state index >= 15 is 0 Å². The topological polar surface area (TPSA) is 119 Å². The molecule has 0 saturated carbocycles. The number of hydrogen-bond donors (Lipinski definition) is 0. The van der Waals surface area contributed by atoms with Crippen molar-refractivity contribution >= 4 is 38.3 Å². The maximum Gasteiger partial charge on any atom is 0.272 e. The van der Waals surface area contributed by atoms with Crippen LogP contribution in [-0.2, 0) is 10.0 Å². The van der Waals surface area contributed by atoms with Crippen molar-refractivity contribution in [3.8, 4) is 17.2 Å². The van der Waals surface area contributed by atoms with Crippen molar-refractivity contribution in [2.75, 3.05) is 64.6 Å². The monoisotopic (exact) mass is 594 g/mol. The second kappa shape index (κ2) is 10.7. The van der Waals surface area contributed by atoms with Crippen LogP contribution in [0.25, 0.3) is 10.9 Å². The largest absolute Gasteiger partial charge is 0.497 e. The van der Waals surface area contributed by atoms with Crippen LogP contribution in [-0.4, -0.2) is 99.6 Å². The van der Waals surface area contributed by atoms with Gasteiger partial charge >= 0.3 is 0 Å². The normalized spacial score (nSPS) is 19.0. The van der Waals surface area contributed by atoms with Crippen molar-refractivity contribution < 1.29 is 32.2 Å². The van der Waals surface area contributed by atoms with Gasteiger partial charge in [0, 0.05) is 69.3 Å². The molecule has 42 heavy (non-hydrogen) atoms. The Morgan fingerprint density at radius 2 is 1.69 bits per heavy atom. The molecular weight excluding hydrogens is 560 g/mol. The molecule has 1 spiro atoms. The Morgan fingerprint density at radius 1 is 0.952 bits per heavy atom. The SMILES string of the molecule is COc1ccc2nc(C(=O)N3CCC4(CC3)CC(=O)c3cc(N5CCN(S(C)(=O)=O)CC5)ccc3O4)cc(OC)c2c1. The number of anilines is 1. The van der Waals surface area contributed by atoms with Gasteiger partial charge in [-0.05, 0) is 36.4 Å². The molecule has 1 aromatic heterocycles. The molecule has 12 heteroatoms. The fourth-order valence-corrected chi connectivity index (χ4v) is 6.92. The van der Waals surface area contributed by atoms with Crippen LogP contribution in [0.4, 0.5) is 5.69 Å². The number of sulfonamides is 1. The summed E-state index contributed by atoms with van der Waals surface area (Å²) >= 11 is 0. The first kappa shape index (κ1) is 28.2. The van der Waals surface area contributed by atoms with Gasteiger partial charge in [0.25, 0.3) is 5.91 Å². The summed E-state index contributed by atoms with van der Waals surface area (Å²) in [5.74, 6) is 1.61. The van der Waals surface area contributed by atoms with Crippen molar-refractivity contribution in [2.24, 2.45) is 0 Å². The highest BCUT2D eigenvalue weighted by molar-refractivity contribution is 7.88. The van der Waals surface area contributed by atoms with E-state index in [0.717, 1.165) is 11.1 Å². The molecule has 222 valence electrons. The highest BCUT2D eigenvalue weighted by atomic mass is 32.2. The van der Waals surface area contributed by atoms with Gasteiger partial charge in [0.2, 0.25) is 10.0 Å². The second-order valence-corrected chi connectivity index (χ2v) is 13.1. The van der Waals surface area contributed by atoms with E-state index in [1.54, 1.807) is 37.3 Å². The number of aromatic nitrogens is 1. The molecule has 1 amide bonds. The number of pyridine rings is 1. The number of ether oxygens (including phenoxy) is 3. The molecule has 0 radical (unpaired) electrons. The summed E-state index contributed by atoms with van der Waals surface area (Å²) in [6.45, 7) is 2.81. The lowest BCUT2D eigenvalue weighted by Crippen LogP contribution is -2.52. The zero-order chi connectivity index (χ0) is 29.6. The first-order valence-corrected chi connectivity index (χ1v) is 15.8. The molecule has 0 bridgehead atoms. The Labute approximate surface area is 245 Å². The summed E-state index contributed by atoms with van der Waals surface area (Å²) in [7, 11) is -0.0637. The van der Waals surface area contributed by atoms with Gasteiger partial charge in [0.1, 0.15) is 28.5 Å². The van der Waals surface area contributed by atoms with Crippen LogP contribution < -0.4 is 19.1 Å². The quantitative estimate of drug-likeness (QED) is 0.439. The van der Waals surface area contributed by atoms with Crippen LogP contribution in [0.1, 0.15) is 40.1 Å². The summed E-state index contributed by atoms with van der Waals surface area (Å²) in [5.41, 5.74) is 1.71. The smallest absolute Gasteiger partial charge is 0.272 e. The number of carbonyl (C=O) groups excluding carboxylic acids is 2. The van der Waals surface area contributed by atoms with E-state index in [2.05, 4.69) is 9.88 Å². The molecule has 3 aromatic rings. The number of nitrogens with zero attached hydrogens (tertiary/aromatic N) is 4. The first-order chi connectivity index (χ1) is 20.1. The summed E-state index contributed by atoms with van der Waals surface area (Å²) in [6, 6.07) is 12.7. The number of amides is 1.